The van der Waals surface area contributed by atoms with Crippen LogP contribution in [0.4, 0.5) is 5.82 Å². The van der Waals surface area contributed by atoms with Crippen LogP contribution in [0.3, 0.4) is 0 Å². The second-order valence-corrected chi connectivity index (χ2v) is 5.13. The summed E-state index contributed by atoms with van der Waals surface area (Å²) in [6.45, 7) is 5.98. The molecule has 0 spiro atoms. The number of hydrogen-bond acceptors (Lipinski definition) is 4. The van der Waals surface area contributed by atoms with Gasteiger partial charge in [0, 0.05) is 31.9 Å². The van der Waals surface area contributed by atoms with Gasteiger partial charge >= 0.3 is 0 Å². The predicted molar refractivity (Wildman–Crippen MR) is 78.0 cm³/mol. The van der Waals surface area contributed by atoms with Gasteiger partial charge in [0.25, 0.3) is 0 Å². The van der Waals surface area contributed by atoms with Crippen LogP contribution < -0.4 is 10.6 Å². The van der Waals surface area contributed by atoms with Crippen molar-refractivity contribution in [3.8, 4) is 0 Å². The van der Waals surface area contributed by atoms with E-state index in [9.17, 15) is 4.79 Å². The van der Waals surface area contributed by atoms with Crippen LogP contribution in [0.15, 0.2) is 18.3 Å². The van der Waals surface area contributed by atoms with Crippen molar-refractivity contribution in [2.24, 2.45) is 5.92 Å². The molecule has 0 radical (unpaired) electrons. The summed E-state index contributed by atoms with van der Waals surface area (Å²) >= 11 is 0. The van der Waals surface area contributed by atoms with Gasteiger partial charge in [0.05, 0.1) is 6.54 Å². The van der Waals surface area contributed by atoms with Gasteiger partial charge in [0.15, 0.2) is 0 Å². The molecule has 0 unspecified atom stereocenters. The Kier molecular flexibility index (Phi) is 6.29. The van der Waals surface area contributed by atoms with Gasteiger partial charge in [-0.25, -0.2) is 4.98 Å². The number of nitrogens with one attached hydrogen (secondary N) is 2. The van der Waals surface area contributed by atoms with E-state index in [0.29, 0.717) is 19.0 Å². The maximum Gasteiger partial charge on any atom is 0.234 e. The molecule has 0 saturated heterocycles. The Morgan fingerprint density at radius 1 is 1.47 bits per heavy atom. The third-order valence-corrected chi connectivity index (χ3v) is 2.69. The molecule has 0 aliphatic heterocycles. The van der Waals surface area contributed by atoms with Gasteiger partial charge in [-0.05, 0) is 19.0 Å². The summed E-state index contributed by atoms with van der Waals surface area (Å²) in [7, 11) is 3.78. The van der Waals surface area contributed by atoms with Gasteiger partial charge in [0.1, 0.15) is 5.82 Å². The minimum atomic E-state index is 0.0612. The van der Waals surface area contributed by atoms with Crippen LogP contribution in [0.2, 0.25) is 0 Å². The van der Waals surface area contributed by atoms with Crippen molar-refractivity contribution < 1.29 is 4.79 Å². The average molecular weight is 264 g/mol. The van der Waals surface area contributed by atoms with Crippen LogP contribution in [0.25, 0.3) is 0 Å². The highest BCUT2D eigenvalue weighted by atomic mass is 16.2. The fourth-order valence-electron chi connectivity index (χ4n) is 1.76. The van der Waals surface area contributed by atoms with Crippen molar-refractivity contribution in [3.63, 3.8) is 0 Å². The highest BCUT2D eigenvalue weighted by Crippen LogP contribution is 2.12. The van der Waals surface area contributed by atoms with Crippen molar-refractivity contribution in [1.29, 1.82) is 0 Å². The van der Waals surface area contributed by atoms with Crippen LogP contribution >= 0.6 is 0 Å². The highest BCUT2D eigenvalue weighted by Gasteiger charge is 2.09. The Morgan fingerprint density at radius 2 is 2.21 bits per heavy atom. The van der Waals surface area contributed by atoms with E-state index < -0.39 is 0 Å². The molecule has 2 N–H and O–H groups in total. The monoisotopic (exact) mass is 264 g/mol. The van der Waals surface area contributed by atoms with E-state index in [0.717, 1.165) is 17.9 Å². The van der Waals surface area contributed by atoms with Crippen molar-refractivity contribution >= 4 is 11.7 Å². The Bertz CT molecular complexity index is 406. The van der Waals surface area contributed by atoms with Gasteiger partial charge in [-0.1, -0.05) is 19.9 Å². The molecular formula is C14H24N4O. The second-order valence-electron chi connectivity index (χ2n) is 5.13. The lowest BCUT2D eigenvalue weighted by atomic mass is 10.2. The first-order valence-corrected chi connectivity index (χ1v) is 6.59. The molecule has 0 saturated carbocycles. The largest absolute Gasteiger partial charge is 0.373 e. The lowest BCUT2D eigenvalue weighted by Crippen LogP contribution is -2.36. The summed E-state index contributed by atoms with van der Waals surface area (Å²) in [5.74, 6) is 1.39. The van der Waals surface area contributed by atoms with Crippen LogP contribution in [-0.2, 0) is 11.3 Å². The molecule has 1 heterocycles. The van der Waals surface area contributed by atoms with Crippen LogP contribution in [0.5, 0.6) is 0 Å². The number of carbonyl (C=O) groups excluding carboxylic acids is 1. The van der Waals surface area contributed by atoms with Gasteiger partial charge < -0.3 is 10.6 Å². The number of nitrogens with zero attached hydrogens (tertiary/aromatic N) is 2. The number of pyridine rings is 1. The molecule has 0 atom stereocenters. The number of likely N-dealkylation sites (N-methyl/N-ethyl adjacent to an activating group) is 1. The van der Waals surface area contributed by atoms with E-state index in [1.807, 2.05) is 31.1 Å². The SMILES string of the molecule is CNc1ncccc1CN(C)CC(=O)NCC(C)C. The Hall–Kier alpha value is -1.62. The number of aromatic nitrogens is 1. The summed E-state index contributed by atoms with van der Waals surface area (Å²) in [4.78, 5) is 17.9. The van der Waals surface area contributed by atoms with Crippen molar-refractivity contribution in [2.75, 3.05) is 32.5 Å². The average Bonchev–Trinajstić information content (AvgIpc) is 2.37. The summed E-state index contributed by atoms with van der Waals surface area (Å²) in [5, 5.41) is 5.97. The highest BCUT2D eigenvalue weighted by molar-refractivity contribution is 5.77. The maximum absolute atomic E-state index is 11.7. The van der Waals surface area contributed by atoms with Crippen LogP contribution in [0, 0.1) is 5.92 Å². The Morgan fingerprint density at radius 3 is 2.84 bits per heavy atom. The predicted octanol–water partition coefficient (Wildman–Crippen LogP) is 1.33. The fourth-order valence-corrected chi connectivity index (χ4v) is 1.76. The lowest BCUT2D eigenvalue weighted by molar-refractivity contribution is -0.122. The minimum absolute atomic E-state index is 0.0612. The molecule has 0 aromatic carbocycles. The van der Waals surface area contributed by atoms with E-state index in [2.05, 4.69) is 29.5 Å². The Labute approximate surface area is 115 Å². The first-order valence-electron chi connectivity index (χ1n) is 6.59. The molecule has 5 heteroatoms. The summed E-state index contributed by atoms with van der Waals surface area (Å²) in [6, 6.07) is 3.92. The Balaban J connectivity index is 2.46. The first kappa shape index (κ1) is 15.4. The van der Waals surface area contributed by atoms with Crippen LogP contribution in [0.1, 0.15) is 19.4 Å². The number of amides is 1. The third-order valence-electron chi connectivity index (χ3n) is 2.69. The van der Waals surface area contributed by atoms with E-state index in [4.69, 9.17) is 0 Å². The second kappa shape index (κ2) is 7.74. The quantitative estimate of drug-likeness (QED) is 0.780. The van der Waals surface area contributed by atoms with E-state index >= 15 is 0 Å². The van der Waals surface area contributed by atoms with E-state index in [-0.39, 0.29) is 5.91 Å². The molecule has 1 aromatic rings. The zero-order chi connectivity index (χ0) is 14.3. The summed E-state index contributed by atoms with van der Waals surface area (Å²) < 4.78 is 0. The normalized spacial score (nSPS) is 10.8. The smallest absolute Gasteiger partial charge is 0.234 e. The summed E-state index contributed by atoms with van der Waals surface area (Å²) in [6.07, 6.45) is 1.75. The molecule has 0 fully saturated rings. The molecule has 0 aliphatic carbocycles. The van der Waals surface area contributed by atoms with Gasteiger partial charge in [-0.2, -0.15) is 0 Å². The topological polar surface area (TPSA) is 57.3 Å². The van der Waals surface area contributed by atoms with Gasteiger partial charge in [0.2, 0.25) is 5.91 Å². The molecular weight excluding hydrogens is 240 g/mol. The molecule has 1 aromatic heterocycles. The maximum atomic E-state index is 11.7. The summed E-state index contributed by atoms with van der Waals surface area (Å²) in [5.41, 5.74) is 1.09. The lowest BCUT2D eigenvalue weighted by Gasteiger charge is -2.18. The molecule has 106 valence electrons. The molecule has 1 rings (SSSR count). The molecule has 1 amide bonds. The number of rotatable bonds is 7. The minimum Gasteiger partial charge on any atom is -0.373 e. The fraction of sp³-hybridized carbons (Fsp3) is 0.571. The molecule has 0 bridgehead atoms. The zero-order valence-electron chi connectivity index (χ0n) is 12.2. The van der Waals surface area contributed by atoms with Gasteiger partial charge in [-0.15, -0.1) is 0 Å². The number of carbonyl (C=O) groups is 1. The van der Waals surface area contributed by atoms with Crippen LogP contribution in [-0.4, -0.2) is 43.0 Å². The van der Waals surface area contributed by atoms with Crippen molar-refractivity contribution in [3.05, 3.63) is 23.9 Å². The molecule has 5 nitrogen and oxygen atoms in total. The number of anilines is 1. The standard InChI is InChI=1S/C14H24N4O/c1-11(2)8-17-13(19)10-18(4)9-12-6-5-7-16-14(12)15-3/h5-7,11H,8-10H2,1-4H3,(H,15,16)(H,17,19). The third kappa shape index (κ3) is 5.70. The molecule has 19 heavy (non-hydrogen) atoms. The van der Waals surface area contributed by atoms with Gasteiger partial charge in [-0.3, -0.25) is 9.69 Å². The molecule has 0 aliphatic rings. The number of hydrogen-bond donors (Lipinski definition) is 2. The van der Waals surface area contributed by atoms with E-state index in [1.165, 1.54) is 0 Å². The zero-order valence-corrected chi connectivity index (χ0v) is 12.2. The van der Waals surface area contributed by atoms with E-state index in [1.54, 1.807) is 6.20 Å². The first-order chi connectivity index (χ1) is 9.02. The van der Waals surface area contributed by atoms with Crippen molar-refractivity contribution in [2.45, 2.75) is 20.4 Å². The van der Waals surface area contributed by atoms with Crippen molar-refractivity contribution in [1.82, 2.24) is 15.2 Å².